The number of likely N-dealkylation sites (tertiary alicyclic amines) is 1. The third-order valence-electron chi connectivity index (χ3n) is 4.12. The molecule has 1 aliphatic heterocycles. The van der Waals surface area contributed by atoms with Crippen LogP contribution in [0, 0.1) is 5.92 Å². The summed E-state index contributed by atoms with van der Waals surface area (Å²) in [6.07, 6.45) is -0.511. The van der Waals surface area contributed by atoms with E-state index in [0.29, 0.717) is 17.1 Å². The first-order chi connectivity index (χ1) is 11.7. The van der Waals surface area contributed by atoms with Gasteiger partial charge in [-0.3, -0.25) is 4.79 Å². The monoisotopic (exact) mass is 351 g/mol. The third kappa shape index (κ3) is 4.15. The van der Waals surface area contributed by atoms with Gasteiger partial charge in [-0.25, -0.2) is 4.79 Å². The van der Waals surface area contributed by atoms with Gasteiger partial charge >= 0.3 is 12.1 Å². The van der Waals surface area contributed by atoms with Crippen molar-refractivity contribution in [2.45, 2.75) is 32.3 Å². The summed E-state index contributed by atoms with van der Waals surface area (Å²) in [5.74, 6) is -1.09. The van der Waals surface area contributed by atoms with Gasteiger partial charge in [0, 0.05) is 24.6 Å². The number of ether oxygens (including phenoxy) is 3. The van der Waals surface area contributed by atoms with Gasteiger partial charge in [-0.2, -0.15) is 0 Å². The van der Waals surface area contributed by atoms with Gasteiger partial charge in [0.25, 0.3) is 0 Å². The van der Waals surface area contributed by atoms with Gasteiger partial charge in [0.1, 0.15) is 5.60 Å². The molecule has 0 unspecified atom stereocenters. The minimum Gasteiger partial charge on any atom is -0.493 e. The standard InChI is InChI=1S/C18H25NO6/c1-18(2,3)25-17(22)19-9-12(13(10-19)16(20)21)11-7-6-8-14(23-4)15(11)24-5/h6-8,12-13H,9-10H2,1-5H3,(H,20,21)/t12-,13+/m0/s1. The van der Waals surface area contributed by atoms with Crippen LogP contribution in [-0.4, -0.2) is 55.0 Å². The number of rotatable bonds is 4. The number of carboxylic acids is 1. The molecular formula is C18H25NO6. The van der Waals surface area contributed by atoms with E-state index in [1.807, 2.05) is 0 Å². The summed E-state index contributed by atoms with van der Waals surface area (Å²) in [7, 11) is 3.04. The van der Waals surface area contributed by atoms with E-state index in [1.54, 1.807) is 39.0 Å². The zero-order chi connectivity index (χ0) is 18.8. The number of hydrogen-bond donors (Lipinski definition) is 1. The van der Waals surface area contributed by atoms with Crippen LogP contribution in [0.25, 0.3) is 0 Å². The van der Waals surface area contributed by atoms with Crippen LogP contribution in [0.3, 0.4) is 0 Å². The quantitative estimate of drug-likeness (QED) is 0.898. The van der Waals surface area contributed by atoms with Gasteiger partial charge in [0.2, 0.25) is 0 Å². The first-order valence-corrected chi connectivity index (χ1v) is 8.09. The molecule has 0 aromatic heterocycles. The molecule has 0 spiro atoms. The van der Waals surface area contributed by atoms with E-state index in [1.165, 1.54) is 19.1 Å². The lowest BCUT2D eigenvalue weighted by molar-refractivity contribution is -0.141. The lowest BCUT2D eigenvalue weighted by atomic mass is 9.88. The molecule has 7 heteroatoms. The molecule has 1 aliphatic rings. The van der Waals surface area contributed by atoms with Gasteiger partial charge < -0.3 is 24.2 Å². The first kappa shape index (κ1) is 18.9. The molecule has 0 bridgehead atoms. The smallest absolute Gasteiger partial charge is 0.410 e. The Morgan fingerprint density at radius 3 is 2.36 bits per heavy atom. The minimum absolute atomic E-state index is 0.0925. The van der Waals surface area contributed by atoms with E-state index in [2.05, 4.69) is 0 Å². The highest BCUT2D eigenvalue weighted by molar-refractivity contribution is 5.76. The largest absolute Gasteiger partial charge is 0.493 e. The number of carboxylic acid groups (broad SMARTS) is 1. The molecule has 1 N–H and O–H groups in total. The molecule has 1 fully saturated rings. The molecule has 0 saturated carbocycles. The Labute approximate surface area is 147 Å². The Morgan fingerprint density at radius 1 is 1.16 bits per heavy atom. The molecule has 0 radical (unpaired) electrons. The summed E-state index contributed by atoms with van der Waals surface area (Å²) in [6.45, 7) is 5.67. The van der Waals surface area contributed by atoms with Crippen molar-refractivity contribution in [3.8, 4) is 11.5 Å². The van der Waals surface area contributed by atoms with Crippen LogP contribution in [0.2, 0.25) is 0 Å². The number of carbonyl (C=O) groups is 2. The highest BCUT2D eigenvalue weighted by atomic mass is 16.6. The Balaban J connectivity index is 2.34. The molecule has 1 aromatic carbocycles. The SMILES string of the molecule is COc1cccc([C@@H]2CN(C(=O)OC(C)(C)C)C[C@H]2C(=O)O)c1OC. The fourth-order valence-corrected chi connectivity index (χ4v) is 3.05. The Hall–Kier alpha value is -2.44. The van der Waals surface area contributed by atoms with Crippen LogP contribution in [0.5, 0.6) is 11.5 Å². The zero-order valence-electron chi connectivity index (χ0n) is 15.2. The number of amides is 1. The van der Waals surface area contributed by atoms with Crippen LogP contribution in [0.1, 0.15) is 32.3 Å². The summed E-state index contributed by atoms with van der Waals surface area (Å²) in [5.41, 5.74) is 0.0713. The van der Waals surface area contributed by atoms with Gasteiger partial charge in [0.05, 0.1) is 20.1 Å². The molecule has 1 aromatic rings. The van der Waals surface area contributed by atoms with Crippen molar-refractivity contribution < 1.29 is 28.9 Å². The number of para-hydroxylation sites is 1. The maximum absolute atomic E-state index is 12.3. The second kappa shape index (κ2) is 7.21. The highest BCUT2D eigenvalue weighted by Gasteiger charge is 2.43. The molecule has 25 heavy (non-hydrogen) atoms. The Morgan fingerprint density at radius 2 is 1.84 bits per heavy atom. The average Bonchev–Trinajstić information content (AvgIpc) is 2.97. The van der Waals surface area contributed by atoms with Crippen LogP contribution < -0.4 is 9.47 Å². The molecule has 1 amide bonds. The average molecular weight is 351 g/mol. The molecule has 2 rings (SSSR count). The van der Waals surface area contributed by atoms with Gasteiger partial charge in [-0.05, 0) is 26.8 Å². The third-order valence-corrected chi connectivity index (χ3v) is 4.12. The number of methoxy groups -OCH3 is 2. The molecule has 2 atom stereocenters. The van der Waals surface area contributed by atoms with E-state index in [4.69, 9.17) is 14.2 Å². The number of hydrogen-bond acceptors (Lipinski definition) is 5. The maximum Gasteiger partial charge on any atom is 0.410 e. The lowest BCUT2D eigenvalue weighted by Crippen LogP contribution is -2.35. The zero-order valence-corrected chi connectivity index (χ0v) is 15.2. The summed E-state index contributed by atoms with van der Waals surface area (Å²) in [6, 6.07) is 5.34. The molecule has 1 saturated heterocycles. The number of nitrogens with zero attached hydrogens (tertiary/aromatic N) is 1. The second-order valence-electron chi connectivity index (χ2n) is 7.02. The first-order valence-electron chi connectivity index (χ1n) is 8.09. The van der Waals surface area contributed by atoms with E-state index in [-0.39, 0.29) is 13.1 Å². The van der Waals surface area contributed by atoms with Gasteiger partial charge in [-0.15, -0.1) is 0 Å². The normalized spacial score (nSPS) is 20.3. The van der Waals surface area contributed by atoms with Crippen molar-refractivity contribution in [2.24, 2.45) is 5.92 Å². The van der Waals surface area contributed by atoms with Crippen LogP contribution in [0.4, 0.5) is 4.79 Å². The Bertz CT molecular complexity index is 651. The number of aliphatic carboxylic acids is 1. The van der Waals surface area contributed by atoms with Gasteiger partial charge in [-0.1, -0.05) is 12.1 Å². The van der Waals surface area contributed by atoms with Gasteiger partial charge in [0.15, 0.2) is 11.5 Å². The van der Waals surface area contributed by atoms with Crippen molar-refractivity contribution in [2.75, 3.05) is 27.3 Å². The van der Waals surface area contributed by atoms with E-state index >= 15 is 0 Å². The molecule has 0 aliphatic carbocycles. The minimum atomic E-state index is -0.957. The number of carbonyl (C=O) groups excluding carboxylic acids is 1. The maximum atomic E-state index is 12.3. The fourth-order valence-electron chi connectivity index (χ4n) is 3.05. The van der Waals surface area contributed by atoms with Crippen LogP contribution in [-0.2, 0) is 9.53 Å². The summed E-state index contributed by atoms with van der Waals surface area (Å²) in [5, 5.41) is 9.62. The lowest BCUT2D eigenvalue weighted by Gasteiger charge is -2.24. The van der Waals surface area contributed by atoms with E-state index in [9.17, 15) is 14.7 Å². The van der Waals surface area contributed by atoms with Crippen molar-refractivity contribution in [1.82, 2.24) is 4.90 Å². The van der Waals surface area contributed by atoms with Crippen molar-refractivity contribution >= 4 is 12.1 Å². The predicted molar refractivity (Wildman–Crippen MR) is 91.2 cm³/mol. The summed E-state index contributed by atoms with van der Waals surface area (Å²) < 4.78 is 16.1. The predicted octanol–water partition coefficient (Wildman–Crippen LogP) is 2.74. The molecule has 138 valence electrons. The summed E-state index contributed by atoms with van der Waals surface area (Å²) >= 11 is 0. The molecule has 7 nitrogen and oxygen atoms in total. The number of benzene rings is 1. The van der Waals surface area contributed by atoms with Crippen molar-refractivity contribution in [1.29, 1.82) is 0 Å². The second-order valence-corrected chi connectivity index (χ2v) is 7.02. The fraction of sp³-hybridized carbons (Fsp3) is 0.556. The van der Waals surface area contributed by atoms with Crippen LogP contribution >= 0.6 is 0 Å². The highest BCUT2D eigenvalue weighted by Crippen LogP contribution is 2.42. The van der Waals surface area contributed by atoms with Crippen LogP contribution in [0.15, 0.2) is 18.2 Å². The Kier molecular flexibility index (Phi) is 5.45. The van der Waals surface area contributed by atoms with Crippen molar-refractivity contribution in [3.63, 3.8) is 0 Å². The van der Waals surface area contributed by atoms with Crippen molar-refractivity contribution in [3.05, 3.63) is 23.8 Å². The van der Waals surface area contributed by atoms with E-state index < -0.39 is 29.5 Å². The molecule has 1 heterocycles. The van der Waals surface area contributed by atoms with E-state index in [0.717, 1.165) is 0 Å². The molecular weight excluding hydrogens is 326 g/mol. The summed E-state index contributed by atoms with van der Waals surface area (Å²) in [4.78, 5) is 25.5. The topological polar surface area (TPSA) is 85.3 Å².